The van der Waals surface area contributed by atoms with Gasteiger partial charge in [0.1, 0.15) is 6.04 Å². The molecule has 16 heavy (non-hydrogen) atoms. The third-order valence-electron chi connectivity index (χ3n) is 3.57. The van der Waals surface area contributed by atoms with E-state index in [9.17, 15) is 9.59 Å². The van der Waals surface area contributed by atoms with Gasteiger partial charge in [-0.2, -0.15) is 0 Å². The van der Waals surface area contributed by atoms with Gasteiger partial charge in [0, 0.05) is 19.0 Å². The lowest BCUT2D eigenvalue weighted by Gasteiger charge is -2.24. The SMILES string of the molecule is CC1CC(CN)CN1C(=O)C1CCC(=O)N1. The van der Waals surface area contributed by atoms with Gasteiger partial charge in [-0.25, -0.2) is 0 Å². The van der Waals surface area contributed by atoms with Crippen LogP contribution in [-0.4, -0.2) is 41.9 Å². The summed E-state index contributed by atoms with van der Waals surface area (Å²) in [7, 11) is 0. The summed E-state index contributed by atoms with van der Waals surface area (Å²) in [5.41, 5.74) is 5.63. The predicted octanol–water partition coefficient (Wildman–Crippen LogP) is -0.539. The molecule has 0 spiro atoms. The summed E-state index contributed by atoms with van der Waals surface area (Å²) in [5.74, 6) is 0.464. The molecular weight excluding hydrogens is 206 g/mol. The average molecular weight is 225 g/mol. The van der Waals surface area contributed by atoms with Crippen molar-refractivity contribution in [2.75, 3.05) is 13.1 Å². The Morgan fingerprint density at radius 3 is 2.88 bits per heavy atom. The number of amides is 2. The monoisotopic (exact) mass is 225 g/mol. The fourth-order valence-electron chi connectivity index (χ4n) is 2.62. The predicted molar refractivity (Wildman–Crippen MR) is 59.5 cm³/mol. The number of carbonyl (C=O) groups excluding carboxylic acids is 2. The van der Waals surface area contributed by atoms with Crippen LogP contribution in [0.3, 0.4) is 0 Å². The number of nitrogens with one attached hydrogen (secondary N) is 1. The molecule has 0 aliphatic carbocycles. The fourth-order valence-corrected chi connectivity index (χ4v) is 2.62. The zero-order chi connectivity index (χ0) is 11.7. The second-order valence-corrected chi connectivity index (χ2v) is 4.84. The Kier molecular flexibility index (Phi) is 3.14. The molecule has 0 aromatic carbocycles. The van der Waals surface area contributed by atoms with Crippen molar-refractivity contribution in [3.8, 4) is 0 Å². The lowest BCUT2D eigenvalue weighted by Crippen LogP contribution is -2.46. The molecule has 3 N–H and O–H groups in total. The number of nitrogens with zero attached hydrogens (tertiary/aromatic N) is 1. The Balaban J connectivity index is 1.97. The van der Waals surface area contributed by atoms with Crippen molar-refractivity contribution in [3.05, 3.63) is 0 Å². The van der Waals surface area contributed by atoms with Crippen molar-refractivity contribution in [3.63, 3.8) is 0 Å². The molecule has 2 aliphatic heterocycles. The molecule has 5 nitrogen and oxygen atoms in total. The quantitative estimate of drug-likeness (QED) is 0.663. The second kappa shape index (κ2) is 4.41. The maximum absolute atomic E-state index is 12.1. The summed E-state index contributed by atoms with van der Waals surface area (Å²) in [6.45, 7) is 3.42. The van der Waals surface area contributed by atoms with Gasteiger partial charge in [0.15, 0.2) is 0 Å². The van der Waals surface area contributed by atoms with Gasteiger partial charge in [-0.1, -0.05) is 0 Å². The first-order valence-electron chi connectivity index (χ1n) is 5.91. The van der Waals surface area contributed by atoms with E-state index in [2.05, 4.69) is 5.32 Å². The molecule has 0 aromatic rings. The van der Waals surface area contributed by atoms with Crippen LogP contribution in [0.2, 0.25) is 0 Å². The van der Waals surface area contributed by atoms with Gasteiger partial charge in [0.05, 0.1) is 0 Å². The highest BCUT2D eigenvalue weighted by Gasteiger charge is 2.37. The highest BCUT2D eigenvalue weighted by atomic mass is 16.2. The zero-order valence-electron chi connectivity index (χ0n) is 9.61. The van der Waals surface area contributed by atoms with Crippen molar-refractivity contribution in [1.82, 2.24) is 10.2 Å². The molecule has 0 saturated carbocycles. The largest absolute Gasteiger partial charge is 0.344 e. The van der Waals surface area contributed by atoms with Gasteiger partial charge < -0.3 is 16.0 Å². The summed E-state index contributed by atoms with van der Waals surface area (Å²) in [6, 6.07) is -0.0509. The number of likely N-dealkylation sites (tertiary alicyclic amines) is 1. The Hall–Kier alpha value is -1.10. The van der Waals surface area contributed by atoms with E-state index >= 15 is 0 Å². The molecule has 0 aromatic heterocycles. The van der Waals surface area contributed by atoms with Crippen molar-refractivity contribution < 1.29 is 9.59 Å². The van der Waals surface area contributed by atoms with Crippen LogP contribution in [0.1, 0.15) is 26.2 Å². The molecule has 2 aliphatic rings. The van der Waals surface area contributed by atoms with E-state index in [-0.39, 0.29) is 23.9 Å². The van der Waals surface area contributed by atoms with Crippen LogP contribution in [0, 0.1) is 5.92 Å². The van der Waals surface area contributed by atoms with E-state index in [1.165, 1.54) is 0 Å². The van der Waals surface area contributed by atoms with Crippen molar-refractivity contribution in [2.24, 2.45) is 11.7 Å². The summed E-state index contributed by atoms with van der Waals surface area (Å²) in [4.78, 5) is 25.1. The highest BCUT2D eigenvalue weighted by Crippen LogP contribution is 2.24. The van der Waals surface area contributed by atoms with E-state index in [1.54, 1.807) is 0 Å². The van der Waals surface area contributed by atoms with Gasteiger partial charge in [0.25, 0.3) is 0 Å². The van der Waals surface area contributed by atoms with Gasteiger partial charge in [-0.05, 0) is 32.2 Å². The molecule has 2 fully saturated rings. The van der Waals surface area contributed by atoms with Gasteiger partial charge >= 0.3 is 0 Å². The van der Waals surface area contributed by atoms with E-state index in [0.29, 0.717) is 25.3 Å². The van der Waals surface area contributed by atoms with Gasteiger partial charge in [-0.3, -0.25) is 9.59 Å². The molecule has 2 heterocycles. The van der Waals surface area contributed by atoms with Crippen molar-refractivity contribution in [1.29, 1.82) is 0 Å². The molecule has 2 saturated heterocycles. The van der Waals surface area contributed by atoms with E-state index in [4.69, 9.17) is 5.73 Å². The molecule has 2 amide bonds. The third kappa shape index (κ3) is 2.04. The van der Waals surface area contributed by atoms with Gasteiger partial charge in [-0.15, -0.1) is 0 Å². The molecule has 0 bridgehead atoms. The van der Waals surface area contributed by atoms with Crippen LogP contribution in [0.15, 0.2) is 0 Å². The normalized spacial score (nSPS) is 34.2. The first-order valence-corrected chi connectivity index (χ1v) is 5.91. The van der Waals surface area contributed by atoms with Crippen LogP contribution in [0.25, 0.3) is 0 Å². The summed E-state index contributed by atoms with van der Waals surface area (Å²) < 4.78 is 0. The molecule has 90 valence electrons. The highest BCUT2D eigenvalue weighted by molar-refractivity contribution is 5.91. The molecule has 3 atom stereocenters. The van der Waals surface area contributed by atoms with E-state index < -0.39 is 0 Å². The third-order valence-corrected chi connectivity index (χ3v) is 3.57. The maximum atomic E-state index is 12.1. The Morgan fingerprint density at radius 2 is 2.38 bits per heavy atom. The average Bonchev–Trinajstić information content (AvgIpc) is 2.83. The number of hydrogen-bond donors (Lipinski definition) is 2. The van der Waals surface area contributed by atoms with Crippen LogP contribution >= 0.6 is 0 Å². The maximum Gasteiger partial charge on any atom is 0.245 e. The molecule has 3 unspecified atom stereocenters. The molecule has 5 heteroatoms. The topological polar surface area (TPSA) is 75.4 Å². The fraction of sp³-hybridized carbons (Fsp3) is 0.818. The van der Waals surface area contributed by atoms with Crippen LogP contribution in [0.5, 0.6) is 0 Å². The van der Waals surface area contributed by atoms with Gasteiger partial charge in [0.2, 0.25) is 11.8 Å². The summed E-state index contributed by atoms with van der Waals surface area (Å²) in [6.07, 6.45) is 2.08. The number of hydrogen-bond acceptors (Lipinski definition) is 3. The van der Waals surface area contributed by atoms with Crippen LogP contribution in [-0.2, 0) is 9.59 Å². The lowest BCUT2D eigenvalue weighted by molar-refractivity contribution is -0.135. The number of carbonyl (C=O) groups is 2. The minimum Gasteiger partial charge on any atom is -0.344 e. The molecular formula is C11H19N3O2. The second-order valence-electron chi connectivity index (χ2n) is 4.84. The first-order chi connectivity index (χ1) is 7.61. The standard InChI is InChI=1S/C11H19N3O2/c1-7-4-8(5-12)6-14(7)11(16)9-2-3-10(15)13-9/h7-9H,2-6,12H2,1H3,(H,13,15). The van der Waals surface area contributed by atoms with Crippen LogP contribution in [0.4, 0.5) is 0 Å². The molecule has 2 rings (SSSR count). The minimum absolute atomic E-state index is 0.0134. The Bertz CT molecular complexity index is 306. The number of nitrogens with two attached hydrogens (primary N) is 1. The van der Waals surface area contributed by atoms with Crippen molar-refractivity contribution >= 4 is 11.8 Å². The molecule has 0 radical (unpaired) electrons. The Morgan fingerprint density at radius 1 is 1.62 bits per heavy atom. The minimum atomic E-state index is -0.300. The number of rotatable bonds is 2. The summed E-state index contributed by atoms with van der Waals surface area (Å²) in [5, 5.41) is 2.72. The van der Waals surface area contributed by atoms with Crippen molar-refractivity contribution in [2.45, 2.75) is 38.3 Å². The van der Waals surface area contributed by atoms with E-state index in [1.807, 2.05) is 11.8 Å². The first kappa shape index (κ1) is 11.4. The Labute approximate surface area is 95.3 Å². The van der Waals surface area contributed by atoms with Crippen LogP contribution < -0.4 is 11.1 Å². The van der Waals surface area contributed by atoms with E-state index in [0.717, 1.165) is 13.0 Å². The zero-order valence-corrected chi connectivity index (χ0v) is 9.61. The summed E-state index contributed by atoms with van der Waals surface area (Å²) >= 11 is 0. The smallest absolute Gasteiger partial charge is 0.245 e. The lowest BCUT2D eigenvalue weighted by atomic mass is 10.1.